The summed E-state index contributed by atoms with van der Waals surface area (Å²) in [5.41, 5.74) is 0. The summed E-state index contributed by atoms with van der Waals surface area (Å²) in [4.78, 5) is 0. The van der Waals surface area contributed by atoms with Crippen molar-refractivity contribution in [2.75, 3.05) is 13.2 Å². The summed E-state index contributed by atoms with van der Waals surface area (Å²) in [7, 11) is 0. The van der Waals surface area contributed by atoms with Crippen molar-refractivity contribution >= 4 is 0 Å². The van der Waals surface area contributed by atoms with Crippen molar-refractivity contribution in [3.05, 3.63) is 0 Å². The quantitative estimate of drug-likeness (QED) is 0.629. The molecular weight excluding hydrogens is 240 g/mol. The molecule has 0 aromatic rings. The first kappa shape index (κ1) is 14.2. The van der Waals surface area contributed by atoms with Crippen molar-refractivity contribution in [3.63, 3.8) is 0 Å². The predicted octanol–water partition coefficient (Wildman–Crippen LogP) is -0.600. The van der Waals surface area contributed by atoms with Gasteiger partial charge in [0, 0.05) is 6.42 Å². The lowest BCUT2D eigenvalue weighted by molar-refractivity contribution is -0.261. The van der Waals surface area contributed by atoms with Crippen LogP contribution in [0.2, 0.25) is 0 Å². The van der Waals surface area contributed by atoms with E-state index in [4.69, 9.17) is 14.2 Å². The largest absolute Gasteiger partial charge is 0.394 e. The minimum absolute atomic E-state index is 0.0691. The molecule has 2 aliphatic heterocycles. The summed E-state index contributed by atoms with van der Waals surface area (Å²) in [5.74, 6) is 0. The highest BCUT2D eigenvalue weighted by molar-refractivity contribution is 4.80. The van der Waals surface area contributed by atoms with Crippen LogP contribution in [0.3, 0.4) is 0 Å². The highest BCUT2D eigenvalue weighted by Gasteiger charge is 2.35. The van der Waals surface area contributed by atoms with E-state index in [0.29, 0.717) is 0 Å². The molecule has 3 N–H and O–H groups in total. The monoisotopic (exact) mass is 262 g/mol. The minimum Gasteiger partial charge on any atom is -0.394 e. The second kappa shape index (κ2) is 6.27. The second-order valence-corrected chi connectivity index (χ2v) is 5.05. The van der Waals surface area contributed by atoms with E-state index in [1.165, 1.54) is 0 Å². The minimum atomic E-state index is -0.846. The van der Waals surface area contributed by atoms with Crippen LogP contribution < -0.4 is 0 Å². The van der Waals surface area contributed by atoms with Gasteiger partial charge in [-0.25, -0.2) is 0 Å². The summed E-state index contributed by atoms with van der Waals surface area (Å²) in [6.45, 7) is 1.95. The van der Waals surface area contributed by atoms with Gasteiger partial charge in [-0.05, 0) is 19.8 Å². The lowest BCUT2D eigenvalue weighted by Crippen LogP contribution is -2.48. The maximum Gasteiger partial charge on any atom is 0.160 e. The molecule has 0 amide bonds. The molecule has 18 heavy (non-hydrogen) atoms. The molecule has 0 aromatic heterocycles. The lowest BCUT2D eigenvalue weighted by atomic mass is 10.0. The van der Waals surface area contributed by atoms with Gasteiger partial charge in [0.1, 0.15) is 12.2 Å². The molecule has 0 spiro atoms. The Hall–Kier alpha value is -0.240. The van der Waals surface area contributed by atoms with E-state index in [9.17, 15) is 15.3 Å². The smallest absolute Gasteiger partial charge is 0.160 e. The van der Waals surface area contributed by atoms with Crippen LogP contribution in [-0.4, -0.2) is 65.3 Å². The molecule has 6 atom stereocenters. The molecule has 2 fully saturated rings. The zero-order valence-corrected chi connectivity index (χ0v) is 10.6. The Morgan fingerprint density at radius 1 is 1.22 bits per heavy atom. The first-order chi connectivity index (χ1) is 8.60. The summed E-state index contributed by atoms with van der Waals surface area (Å²) in [6, 6.07) is 0. The van der Waals surface area contributed by atoms with Crippen LogP contribution in [-0.2, 0) is 14.2 Å². The van der Waals surface area contributed by atoms with Gasteiger partial charge in [0.25, 0.3) is 0 Å². The molecule has 6 nitrogen and oxygen atoms in total. The molecular formula is C12H22O6. The maximum absolute atomic E-state index is 9.55. The Labute approximate surface area is 106 Å². The first-order valence-electron chi connectivity index (χ1n) is 6.49. The highest BCUT2D eigenvalue weighted by Crippen LogP contribution is 2.25. The Kier molecular flexibility index (Phi) is 4.94. The summed E-state index contributed by atoms with van der Waals surface area (Å²) < 4.78 is 16.6. The van der Waals surface area contributed by atoms with Gasteiger partial charge in [-0.15, -0.1) is 0 Å². The van der Waals surface area contributed by atoms with E-state index in [0.717, 1.165) is 12.8 Å². The normalized spacial score (nSPS) is 46.0. The molecule has 0 aromatic carbocycles. The summed E-state index contributed by atoms with van der Waals surface area (Å²) in [5, 5.41) is 28.2. The van der Waals surface area contributed by atoms with Crippen LogP contribution in [0.15, 0.2) is 0 Å². The van der Waals surface area contributed by atoms with Crippen molar-refractivity contribution in [2.45, 2.75) is 63.0 Å². The molecule has 6 heteroatoms. The predicted molar refractivity (Wildman–Crippen MR) is 61.9 cm³/mol. The number of rotatable bonds is 3. The van der Waals surface area contributed by atoms with Crippen LogP contribution in [0.5, 0.6) is 0 Å². The van der Waals surface area contributed by atoms with Gasteiger partial charge in [0.05, 0.1) is 31.5 Å². The number of hydrogen-bond acceptors (Lipinski definition) is 6. The Morgan fingerprint density at radius 3 is 2.67 bits per heavy atom. The van der Waals surface area contributed by atoms with Crippen LogP contribution in [0.4, 0.5) is 0 Å². The first-order valence-corrected chi connectivity index (χ1v) is 6.49. The number of hydrogen-bond donors (Lipinski definition) is 3. The SMILES string of the molecule is CC1CC[C@H](OC2C[C@@H](O)[C@H](O)CO2)[C@@H](CO)O1. The molecule has 2 aliphatic rings. The number of aliphatic hydroxyl groups is 3. The van der Waals surface area contributed by atoms with Crippen LogP contribution >= 0.6 is 0 Å². The Balaban J connectivity index is 1.84. The fourth-order valence-electron chi connectivity index (χ4n) is 2.38. The number of aliphatic hydroxyl groups excluding tert-OH is 3. The Bertz CT molecular complexity index is 261. The standard InChI is InChI=1S/C12H22O6/c1-7-2-3-10(11(5-13)17-7)18-12-4-8(14)9(15)6-16-12/h7-15H,2-6H2,1H3/t7?,8-,9-,10+,11-,12?/m1/s1. The molecule has 106 valence electrons. The highest BCUT2D eigenvalue weighted by atomic mass is 16.7. The zero-order valence-electron chi connectivity index (χ0n) is 10.6. The maximum atomic E-state index is 9.55. The molecule has 2 heterocycles. The van der Waals surface area contributed by atoms with E-state index in [-0.39, 0.29) is 37.9 Å². The van der Waals surface area contributed by atoms with Gasteiger partial charge < -0.3 is 29.5 Å². The third-order valence-corrected chi connectivity index (χ3v) is 3.52. The van der Waals surface area contributed by atoms with Crippen LogP contribution in [0.25, 0.3) is 0 Å². The molecule has 0 aliphatic carbocycles. The van der Waals surface area contributed by atoms with E-state index < -0.39 is 18.5 Å². The Morgan fingerprint density at radius 2 is 2.00 bits per heavy atom. The van der Waals surface area contributed by atoms with E-state index in [1.54, 1.807) is 0 Å². The molecule has 2 saturated heterocycles. The summed E-state index contributed by atoms with van der Waals surface area (Å²) in [6.07, 6.45) is -0.739. The van der Waals surface area contributed by atoms with E-state index in [2.05, 4.69) is 0 Å². The molecule has 0 bridgehead atoms. The average Bonchev–Trinajstić information content (AvgIpc) is 2.36. The van der Waals surface area contributed by atoms with Crippen LogP contribution in [0, 0.1) is 0 Å². The van der Waals surface area contributed by atoms with Gasteiger partial charge in [0.2, 0.25) is 0 Å². The molecule has 0 radical (unpaired) electrons. The number of ether oxygens (including phenoxy) is 3. The lowest BCUT2D eigenvalue weighted by Gasteiger charge is -2.38. The van der Waals surface area contributed by atoms with Gasteiger partial charge >= 0.3 is 0 Å². The van der Waals surface area contributed by atoms with Crippen molar-refractivity contribution in [3.8, 4) is 0 Å². The van der Waals surface area contributed by atoms with Crippen molar-refractivity contribution in [1.82, 2.24) is 0 Å². The van der Waals surface area contributed by atoms with Crippen molar-refractivity contribution in [1.29, 1.82) is 0 Å². The zero-order chi connectivity index (χ0) is 13.1. The van der Waals surface area contributed by atoms with Crippen molar-refractivity contribution < 1.29 is 29.5 Å². The van der Waals surface area contributed by atoms with Crippen molar-refractivity contribution in [2.24, 2.45) is 0 Å². The molecule has 2 unspecified atom stereocenters. The second-order valence-electron chi connectivity index (χ2n) is 5.05. The van der Waals surface area contributed by atoms with Crippen LogP contribution in [0.1, 0.15) is 26.2 Å². The third-order valence-electron chi connectivity index (χ3n) is 3.52. The molecule has 2 rings (SSSR count). The fourth-order valence-corrected chi connectivity index (χ4v) is 2.38. The molecule has 0 saturated carbocycles. The topological polar surface area (TPSA) is 88.4 Å². The van der Waals surface area contributed by atoms with Gasteiger partial charge in [-0.2, -0.15) is 0 Å². The fraction of sp³-hybridized carbons (Fsp3) is 1.00. The third kappa shape index (κ3) is 3.40. The van der Waals surface area contributed by atoms with E-state index in [1.807, 2.05) is 6.92 Å². The summed E-state index contributed by atoms with van der Waals surface area (Å²) >= 11 is 0. The van der Waals surface area contributed by atoms with Gasteiger partial charge in [-0.3, -0.25) is 0 Å². The van der Waals surface area contributed by atoms with Gasteiger partial charge in [0.15, 0.2) is 6.29 Å². The average molecular weight is 262 g/mol. The van der Waals surface area contributed by atoms with Gasteiger partial charge in [-0.1, -0.05) is 0 Å². The van der Waals surface area contributed by atoms with E-state index >= 15 is 0 Å².